The summed E-state index contributed by atoms with van der Waals surface area (Å²) in [7, 11) is 0. The Morgan fingerprint density at radius 3 is 1.15 bits per heavy atom. The molecule has 0 unspecified atom stereocenters. The van der Waals surface area contributed by atoms with Crippen molar-refractivity contribution in [3.05, 3.63) is 206 Å². The average molecular weight is 659 g/mol. The zero-order valence-corrected chi connectivity index (χ0v) is 28.6. The van der Waals surface area contributed by atoms with Crippen molar-refractivity contribution in [2.45, 2.75) is 0 Å². The van der Waals surface area contributed by atoms with Crippen molar-refractivity contribution in [3.63, 3.8) is 0 Å². The monoisotopic (exact) mass is 658 g/mol. The number of rotatable bonds is 5. The fourth-order valence-corrected chi connectivity index (χ4v) is 8.01. The fraction of sp³-hybridized carbons (Fsp3) is 0. The summed E-state index contributed by atoms with van der Waals surface area (Å²) in [6, 6.07) is 75.6. The van der Waals surface area contributed by atoms with Gasteiger partial charge in [-0.1, -0.05) is 188 Å². The van der Waals surface area contributed by atoms with Gasteiger partial charge in [-0.3, -0.25) is 0 Å². The van der Waals surface area contributed by atoms with E-state index in [0.29, 0.717) is 0 Å². The van der Waals surface area contributed by atoms with Crippen molar-refractivity contribution < 1.29 is 0 Å². The van der Waals surface area contributed by atoms with Crippen LogP contribution in [0.2, 0.25) is 0 Å². The molecule has 0 fully saturated rings. The van der Waals surface area contributed by atoms with Gasteiger partial charge in [0.1, 0.15) is 0 Å². The molecule has 0 aliphatic heterocycles. The Morgan fingerprint density at radius 2 is 0.538 bits per heavy atom. The quantitative estimate of drug-likeness (QED) is 0.161. The Kier molecular flexibility index (Phi) is 7.25. The first-order valence-corrected chi connectivity index (χ1v) is 18.0. The molecule has 52 heavy (non-hydrogen) atoms. The van der Waals surface area contributed by atoms with Gasteiger partial charge in [-0.05, 0) is 117 Å². The second-order valence-electron chi connectivity index (χ2n) is 13.7. The van der Waals surface area contributed by atoms with Gasteiger partial charge in [0, 0.05) is 0 Å². The molecule has 10 aromatic carbocycles. The van der Waals surface area contributed by atoms with Crippen LogP contribution in [0.4, 0.5) is 0 Å². The minimum Gasteiger partial charge on any atom is -0.0622 e. The van der Waals surface area contributed by atoms with Gasteiger partial charge in [0.05, 0.1) is 0 Å². The van der Waals surface area contributed by atoms with Crippen molar-refractivity contribution >= 4 is 43.1 Å². The van der Waals surface area contributed by atoms with E-state index in [2.05, 4.69) is 206 Å². The van der Waals surface area contributed by atoms with Crippen molar-refractivity contribution in [1.29, 1.82) is 0 Å². The summed E-state index contributed by atoms with van der Waals surface area (Å²) in [5.74, 6) is 0. The molecule has 0 radical (unpaired) electrons. The van der Waals surface area contributed by atoms with Crippen LogP contribution in [0.15, 0.2) is 206 Å². The van der Waals surface area contributed by atoms with E-state index >= 15 is 0 Å². The Balaban J connectivity index is 1.17. The molecule has 0 aliphatic rings. The van der Waals surface area contributed by atoms with E-state index in [1.54, 1.807) is 0 Å². The van der Waals surface area contributed by atoms with Crippen molar-refractivity contribution in [1.82, 2.24) is 0 Å². The van der Waals surface area contributed by atoms with Gasteiger partial charge in [-0.2, -0.15) is 0 Å². The van der Waals surface area contributed by atoms with Gasteiger partial charge in [-0.25, -0.2) is 0 Å². The first kappa shape index (κ1) is 30.1. The Hall–Kier alpha value is -6.76. The molecule has 0 bridgehead atoms. The second kappa shape index (κ2) is 12.5. The standard InChI is InChI=1S/C52H34/c1-2-10-35(11-3-1)38-22-26-41(27-23-38)51-47-16-8-9-17-48(47)52(46-29-25-37-13-5-7-15-43(37)33-46)50-34-45(30-31-49(50)51)40-20-18-39(19-21-40)44-28-24-36-12-4-6-14-42(36)32-44/h1-34H. The van der Waals surface area contributed by atoms with Crippen molar-refractivity contribution in [2.75, 3.05) is 0 Å². The third-order valence-electron chi connectivity index (χ3n) is 10.6. The molecule has 0 aromatic heterocycles. The summed E-state index contributed by atoms with van der Waals surface area (Å²) in [6.45, 7) is 0. The van der Waals surface area contributed by atoms with Gasteiger partial charge in [0.2, 0.25) is 0 Å². The van der Waals surface area contributed by atoms with Gasteiger partial charge < -0.3 is 0 Å². The Labute approximate surface area is 303 Å². The maximum absolute atomic E-state index is 2.42. The number of hydrogen-bond donors (Lipinski definition) is 0. The van der Waals surface area contributed by atoms with Gasteiger partial charge in [0.15, 0.2) is 0 Å². The minimum atomic E-state index is 1.21. The third-order valence-corrected chi connectivity index (χ3v) is 10.6. The zero-order chi connectivity index (χ0) is 34.4. The number of benzene rings is 10. The molecular formula is C52H34. The summed E-state index contributed by atoms with van der Waals surface area (Å²) >= 11 is 0. The fourth-order valence-electron chi connectivity index (χ4n) is 8.01. The molecule has 0 heterocycles. The lowest BCUT2D eigenvalue weighted by Gasteiger charge is -2.19. The van der Waals surface area contributed by atoms with E-state index < -0.39 is 0 Å². The van der Waals surface area contributed by atoms with E-state index in [0.717, 1.165) is 0 Å². The topological polar surface area (TPSA) is 0 Å². The highest BCUT2D eigenvalue weighted by molar-refractivity contribution is 6.22. The Morgan fingerprint density at radius 1 is 0.173 bits per heavy atom. The molecule has 0 aliphatic carbocycles. The van der Waals surface area contributed by atoms with E-state index in [9.17, 15) is 0 Å². The summed E-state index contributed by atoms with van der Waals surface area (Å²) in [5, 5.41) is 10.1. The zero-order valence-electron chi connectivity index (χ0n) is 28.6. The van der Waals surface area contributed by atoms with Crippen molar-refractivity contribution in [3.8, 4) is 55.6 Å². The van der Waals surface area contributed by atoms with Crippen LogP contribution in [-0.2, 0) is 0 Å². The largest absolute Gasteiger partial charge is 0.0622 e. The molecule has 0 saturated carbocycles. The molecule has 0 heteroatoms. The Bertz CT molecular complexity index is 2910. The SMILES string of the molecule is c1ccc(-c2ccc(-c3c4ccccc4c(-c4ccc5ccccc5c4)c4cc(-c5ccc(-c6ccc7ccccc7c6)cc5)ccc34)cc2)cc1. The molecule has 10 rings (SSSR count). The first-order valence-electron chi connectivity index (χ1n) is 18.0. The maximum Gasteiger partial charge on any atom is -0.00259 e. The molecule has 0 saturated heterocycles. The van der Waals surface area contributed by atoms with Gasteiger partial charge in [0.25, 0.3) is 0 Å². The predicted molar refractivity (Wildman–Crippen MR) is 224 cm³/mol. The van der Waals surface area contributed by atoms with Crippen LogP contribution >= 0.6 is 0 Å². The average Bonchev–Trinajstić information content (AvgIpc) is 3.22. The summed E-state index contributed by atoms with van der Waals surface area (Å²) < 4.78 is 0. The lowest BCUT2D eigenvalue weighted by atomic mass is 9.84. The lowest BCUT2D eigenvalue weighted by molar-refractivity contribution is 1.60. The predicted octanol–water partition coefficient (Wildman–Crippen LogP) is 14.6. The van der Waals surface area contributed by atoms with E-state index in [1.807, 2.05) is 0 Å². The molecule has 0 atom stereocenters. The molecular weight excluding hydrogens is 625 g/mol. The summed E-state index contributed by atoms with van der Waals surface area (Å²) in [6.07, 6.45) is 0. The highest BCUT2D eigenvalue weighted by atomic mass is 14.2. The second-order valence-corrected chi connectivity index (χ2v) is 13.7. The normalized spacial score (nSPS) is 11.5. The molecule has 0 amide bonds. The highest BCUT2D eigenvalue weighted by Crippen LogP contribution is 2.45. The number of fused-ring (bicyclic) bond motifs is 4. The molecule has 0 spiro atoms. The van der Waals surface area contributed by atoms with E-state index in [4.69, 9.17) is 0 Å². The maximum atomic E-state index is 2.42. The smallest absolute Gasteiger partial charge is 0.00259 e. The molecule has 0 nitrogen and oxygen atoms in total. The highest BCUT2D eigenvalue weighted by Gasteiger charge is 2.18. The van der Waals surface area contributed by atoms with Crippen LogP contribution in [0.25, 0.3) is 98.7 Å². The lowest BCUT2D eigenvalue weighted by Crippen LogP contribution is -1.92. The van der Waals surface area contributed by atoms with Crippen LogP contribution < -0.4 is 0 Å². The summed E-state index contributed by atoms with van der Waals surface area (Å²) in [4.78, 5) is 0. The minimum absolute atomic E-state index is 1.21. The molecule has 10 aromatic rings. The van der Waals surface area contributed by atoms with Gasteiger partial charge in [-0.15, -0.1) is 0 Å². The third kappa shape index (κ3) is 5.25. The van der Waals surface area contributed by atoms with Crippen LogP contribution in [0, 0.1) is 0 Å². The van der Waals surface area contributed by atoms with E-state index in [-0.39, 0.29) is 0 Å². The van der Waals surface area contributed by atoms with Crippen LogP contribution in [0.3, 0.4) is 0 Å². The van der Waals surface area contributed by atoms with Gasteiger partial charge >= 0.3 is 0 Å². The first-order chi connectivity index (χ1) is 25.8. The molecule has 242 valence electrons. The van der Waals surface area contributed by atoms with E-state index in [1.165, 1.54) is 98.7 Å². The molecule has 0 N–H and O–H groups in total. The number of hydrogen-bond acceptors (Lipinski definition) is 0. The summed E-state index contributed by atoms with van der Waals surface area (Å²) in [5.41, 5.74) is 12.3. The van der Waals surface area contributed by atoms with Crippen LogP contribution in [-0.4, -0.2) is 0 Å². The van der Waals surface area contributed by atoms with Crippen molar-refractivity contribution in [2.24, 2.45) is 0 Å². The van der Waals surface area contributed by atoms with Crippen LogP contribution in [0.5, 0.6) is 0 Å². The van der Waals surface area contributed by atoms with Crippen LogP contribution in [0.1, 0.15) is 0 Å².